The smallest absolute Gasteiger partial charge is 0.280 e. The van der Waals surface area contributed by atoms with Crippen LogP contribution < -0.4 is 10.0 Å². The molecule has 0 spiro atoms. The molecule has 7 heteroatoms. The third kappa shape index (κ3) is 3.16. The van der Waals surface area contributed by atoms with Gasteiger partial charge in [-0.1, -0.05) is 0 Å². The normalized spacial score (nSPS) is 24.2. The van der Waals surface area contributed by atoms with Crippen molar-refractivity contribution in [3.63, 3.8) is 0 Å². The Bertz CT molecular complexity index is 372. The third-order valence-electron chi connectivity index (χ3n) is 2.19. The minimum absolute atomic E-state index is 0.259. The van der Waals surface area contributed by atoms with E-state index in [2.05, 4.69) is 10.0 Å². The quantitative estimate of drug-likeness (QED) is 0.688. The molecule has 1 amide bonds. The summed E-state index contributed by atoms with van der Waals surface area (Å²) in [5.74, 6) is -0.259. The molecular formula is C9H19N3O3S. The van der Waals surface area contributed by atoms with E-state index in [9.17, 15) is 13.2 Å². The molecule has 0 aromatic heterocycles. The summed E-state index contributed by atoms with van der Waals surface area (Å²) in [6, 6.07) is -0.659. The molecule has 0 aliphatic carbocycles. The first-order valence-corrected chi connectivity index (χ1v) is 6.66. The van der Waals surface area contributed by atoms with Gasteiger partial charge in [0, 0.05) is 18.6 Å². The molecule has 0 saturated carbocycles. The highest BCUT2D eigenvalue weighted by molar-refractivity contribution is 7.87. The summed E-state index contributed by atoms with van der Waals surface area (Å²) >= 11 is 0. The first kappa shape index (κ1) is 13.4. The first-order chi connectivity index (χ1) is 7.13. The van der Waals surface area contributed by atoms with Gasteiger partial charge in [-0.25, -0.2) is 0 Å². The molecule has 0 aromatic rings. The predicted molar refractivity (Wildman–Crippen MR) is 61.0 cm³/mol. The van der Waals surface area contributed by atoms with Crippen LogP contribution in [-0.2, 0) is 15.0 Å². The van der Waals surface area contributed by atoms with Crippen molar-refractivity contribution < 1.29 is 13.2 Å². The summed E-state index contributed by atoms with van der Waals surface area (Å²) in [7, 11) is -3.60. The van der Waals surface area contributed by atoms with Gasteiger partial charge in [0.1, 0.15) is 6.04 Å². The third-order valence-corrected chi connectivity index (χ3v) is 4.17. The van der Waals surface area contributed by atoms with Gasteiger partial charge in [-0.3, -0.25) is 4.79 Å². The molecule has 6 nitrogen and oxygen atoms in total. The molecule has 1 rings (SSSR count). The molecular weight excluding hydrogens is 230 g/mol. The molecule has 1 aliphatic rings. The van der Waals surface area contributed by atoms with Crippen molar-refractivity contribution in [3.05, 3.63) is 0 Å². The van der Waals surface area contributed by atoms with Crippen LogP contribution in [0.2, 0.25) is 0 Å². The molecule has 0 aromatic carbocycles. The highest BCUT2D eigenvalue weighted by atomic mass is 32.2. The van der Waals surface area contributed by atoms with Crippen LogP contribution in [0.3, 0.4) is 0 Å². The van der Waals surface area contributed by atoms with Gasteiger partial charge in [0.05, 0.1) is 0 Å². The van der Waals surface area contributed by atoms with Crippen molar-refractivity contribution in [1.82, 2.24) is 14.3 Å². The maximum absolute atomic E-state index is 12.0. The minimum Gasteiger partial charge on any atom is -0.353 e. The van der Waals surface area contributed by atoms with Crippen LogP contribution in [0.5, 0.6) is 0 Å². The van der Waals surface area contributed by atoms with Crippen LogP contribution in [-0.4, -0.2) is 43.3 Å². The Morgan fingerprint density at radius 1 is 1.44 bits per heavy atom. The van der Waals surface area contributed by atoms with Gasteiger partial charge in [0.25, 0.3) is 10.2 Å². The van der Waals surface area contributed by atoms with Gasteiger partial charge in [-0.05, 0) is 27.7 Å². The lowest BCUT2D eigenvalue weighted by atomic mass is 10.1. The van der Waals surface area contributed by atoms with Crippen molar-refractivity contribution in [1.29, 1.82) is 0 Å². The molecule has 1 aliphatic heterocycles. The van der Waals surface area contributed by atoms with Crippen molar-refractivity contribution in [2.75, 3.05) is 13.1 Å². The second-order valence-corrected chi connectivity index (χ2v) is 6.56. The summed E-state index contributed by atoms with van der Waals surface area (Å²) in [4.78, 5) is 11.4. The molecule has 0 radical (unpaired) electrons. The van der Waals surface area contributed by atoms with E-state index in [1.165, 1.54) is 4.31 Å². The Morgan fingerprint density at radius 2 is 2.00 bits per heavy atom. The number of hydrogen-bond acceptors (Lipinski definition) is 3. The maximum atomic E-state index is 12.0. The van der Waals surface area contributed by atoms with E-state index in [0.717, 1.165) is 0 Å². The van der Waals surface area contributed by atoms with Crippen molar-refractivity contribution in [3.8, 4) is 0 Å². The zero-order valence-electron chi connectivity index (χ0n) is 10.1. The van der Waals surface area contributed by atoms with Gasteiger partial charge in [-0.15, -0.1) is 0 Å². The SMILES string of the molecule is CC1C(=O)NCCN1S(=O)(=O)NC(C)(C)C. The van der Waals surface area contributed by atoms with Gasteiger partial charge in [0.15, 0.2) is 0 Å². The van der Waals surface area contributed by atoms with E-state index < -0.39 is 21.8 Å². The number of hydrogen-bond donors (Lipinski definition) is 2. The van der Waals surface area contributed by atoms with Crippen LogP contribution in [0.15, 0.2) is 0 Å². The zero-order valence-corrected chi connectivity index (χ0v) is 10.9. The second-order valence-electron chi connectivity index (χ2n) is 4.93. The lowest BCUT2D eigenvalue weighted by Crippen LogP contribution is -2.60. The Labute approximate surface area is 96.6 Å². The largest absolute Gasteiger partial charge is 0.353 e. The summed E-state index contributed by atoms with van der Waals surface area (Å²) in [5.41, 5.74) is -0.549. The summed E-state index contributed by atoms with van der Waals surface area (Å²) in [6.45, 7) is 7.53. The lowest BCUT2D eigenvalue weighted by molar-refractivity contribution is -0.126. The highest BCUT2D eigenvalue weighted by Crippen LogP contribution is 2.12. The Balaban J connectivity index is 2.87. The molecule has 16 heavy (non-hydrogen) atoms. The number of amides is 1. The topological polar surface area (TPSA) is 78.5 Å². The van der Waals surface area contributed by atoms with E-state index >= 15 is 0 Å². The highest BCUT2D eigenvalue weighted by Gasteiger charge is 2.36. The fourth-order valence-electron chi connectivity index (χ4n) is 1.54. The maximum Gasteiger partial charge on any atom is 0.280 e. The van der Waals surface area contributed by atoms with Crippen molar-refractivity contribution in [2.45, 2.75) is 39.3 Å². The van der Waals surface area contributed by atoms with Crippen LogP contribution in [0.4, 0.5) is 0 Å². The Kier molecular flexibility index (Phi) is 3.61. The van der Waals surface area contributed by atoms with Crippen LogP contribution >= 0.6 is 0 Å². The number of piperazine rings is 1. The second kappa shape index (κ2) is 4.31. The number of carbonyl (C=O) groups is 1. The molecule has 0 bridgehead atoms. The molecule has 1 fully saturated rings. The van der Waals surface area contributed by atoms with Crippen LogP contribution in [0.1, 0.15) is 27.7 Å². The molecule has 1 heterocycles. The number of rotatable bonds is 2. The average Bonchev–Trinajstić information content (AvgIpc) is 2.05. The molecule has 2 N–H and O–H groups in total. The van der Waals surface area contributed by atoms with Crippen LogP contribution in [0.25, 0.3) is 0 Å². The van der Waals surface area contributed by atoms with E-state index in [1.807, 2.05) is 0 Å². The average molecular weight is 249 g/mol. The molecule has 1 unspecified atom stereocenters. The van der Waals surface area contributed by atoms with Crippen LogP contribution in [0, 0.1) is 0 Å². The lowest BCUT2D eigenvalue weighted by Gasteiger charge is -2.34. The molecule has 1 saturated heterocycles. The van der Waals surface area contributed by atoms with Crippen molar-refractivity contribution >= 4 is 16.1 Å². The van der Waals surface area contributed by atoms with Gasteiger partial charge < -0.3 is 5.32 Å². The molecule has 94 valence electrons. The first-order valence-electron chi connectivity index (χ1n) is 5.22. The number of nitrogens with one attached hydrogen (secondary N) is 2. The van der Waals surface area contributed by atoms with E-state index in [4.69, 9.17) is 0 Å². The number of carbonyl (C=O) groups excluding carboxylic acids is 1. The summed E-state index contributed by atoms with van der Waals surface area (Å²) in [6.07, 6.45) is 0. The fourth-order valence-corrected chi connectivity index (χ4v) is 3.27. The standard InChI is InChI=1S/C9H19N3O3S/c1-7-8(13)10-5-6-12(7)16(14,15)11-9(2,3)4/h7,11H,5-6H2,1-4H3,(H,10,13). The number of nitrogens with zero attached hydrogens (tertiary/aromatic N) is 1. The summed E-state index contributed by atoms with van der Waals surface area (Å²) < 4.78 is 27.7. The van der Waals surface area contributed by atoms with E-state index in [-0.39, 0.29) is 5.91 Å². The van der Waals surface area contributed by atoms with Crippen molar-refractivity contribution in [2.24, 2.45) is 0 Å². The Morgan fingerprint density at radius 3 is 2.50 bits per heavy atom. The monoisotopic (exact) mass is 249 g/mol. The summed E-state index contributed by atoms with van der Waals surface area (Å²) in [5, 5.41) is 2.62. The fraction of sp³-hybridized carbons (Fsp3) is 0.889. The van der Waals surface area contributed by atoms with E-state index in [1.54, 1.807) is 27.7 Å². The zero-order chi connectivity index (χ0) is 12.6. The van der Waals surface area contributed by atoms with Gasteiger partial charge in [0.2, 0.25) is 5.91 Å². The molecule has 1 atom stereocenters. The minimum atomic E-state index is -3.60. The Hall–Kier alpha value is -0.660. The predicted octanol–water partition coefficient (Wildman–Crippen LogP) is -0.560. The van der Waals surface area contributed by atoms with Gasteiger partial charge >= 0.3 is 0 Å². The van der Waals surface area contributed by atoms with Gasteiger partial charge in [-0.2, -0.15) is 17.4 Å². The van der Waals surface area contributed by atoms with E-state index in [0.29, 0.717) is 13.1 Å².